The zero-order chi connectivity index (χ0) is 20.9. The summed E-state index contributed by atoms with van der Waals surface area (Å²) >= 11 is 0. The van der Waals surface area contributed by atoms with Crippen molar-refractivity contribution >= 4 is 27.3 Å². The summed E-state index contributed by atoms with van der Waals surface area (Å²) in [5, 5.41) is 14.3. The summed E-state index contributed by atoms with van der Waals surface area (Å²) in [5.41, 5.74) is -0.139. The SMILES string of the molecule is CCCNC(=O)CN(C)c1ccc(S(=O)(=O)N2CCC(C)CC2)cc1[N+](=O)[O-]. The number of nitrogens with one attached hydrogen (secondary N) is 1. The summed E-state index contributed by atoms with van der Waals surface area (Å²) in [6.45, 7) is 5.30. The van der Waals surface area contributed by atoms with Crippen molar-refractivity contribution in [1.29, 1.82) is 0 Å². The summed E-state index contributed by atoms with van der Waals surface area (Å²) in [6, 6.07) is 3.85. The molecule has 1 heterocycles. The molecule has 1 aliphatic heterocycles. The van der Waals surface area contributed by atoms with Crippen LogP contribution in [-0.2, 0) is 14.8 Å². The number of rotatable bonds is 8. The first-order valence-electron chi connectivity index (χ1n) is 9.43. The van der Waals surface area contributed by atoms with E-state index in [1.54, 1.807) is 7.05 Å². The van der Waals surface area contributed by atoms with Crippen LogP contribution < -0.4 is 10.2 Å². The van der Waals surface area contributed by atoms with Gasteiger partial charge in [-0.3, -0.25) is 14.9 Å². The summed E-state index contributed by atoms with van der Waals surface area (Å²) in [4.78, 5) is 24.2. The van der Waals surface area contributed by atoms with E-state index in [2.05, 4.69) is 12.2 Å². The van der Waals surface area contributed by atoms with Crippen molar-refractivity contribution in [2.45, 2.75) is 38.0 Å². The normalized spacial score (nSPS) is 16.0. The number of anilines is 1. The predicted molar refractivity (Wildman–Crippen MR) is 107 cm³/mol. The fraction of sp³-hybridized carbons (Fsp3) is 0.611. The van der Waals surface area contributed by atoms with Crippen LogP contribution in [0.1, 0.15) is 33.1 Å². The Balaban J connectivity index is 2.27. The third-order valence-corrected chi connectivity index (χ3v) is 6.78. The van der Waals surface area contributed by atoms with E-state index in [0.717, 1.165) is 25.3 Å². The van der Waals surface area contributed by atoms with Gasteiger partial charge in [0, 0.05) is 32.7 Å². The highest BCUT2D eigenvalue weighted by atomic mass is 32.2. The van der Waals surface area contributed by atoms with Crippen LogP contribution in [0.2, 0.25) is 0 Å². The molecule has 1 N–H and O–H groups in total. The Morgan fingerprint density at radius 1 is 1.36 bits per heavy atom. The minimum absolute atomic E-state index is 0.0586. The monoisotopic (exact) mass is 412 g/mol. The van der Waals surface area contributed by atoms with Gasteiger partial charge >= 0.3 is 0 Å². The average molecular weight is 413 g/mol. The third-order valence-electron chi connectivity index (χ3n) is 4.89. The van der Waals surface area contributed by atoms with Crippen molar-refractivity contribution in [3.8, 4) is 0 Å². The van der Waals surface area contributed by atoms with Gasteiger partial charge in [-0.15, -0.1) is 0 Å². The quantitative estimate of drug-likeness (QED) is 0.516. The molecule has 1 aliphatic rings. The molecular formula is C18H28N4O5S. The maximum absolute atomic E-state index is 12.9. The van der Waals surface area contributed by atoms with Gasteiger partial charge in [0.25, 0.3) is 5.69 Å². The lowest BCUT2D eigenvalue weighted by Crippen LogP contribution is -2.38. The Labute approximate surface area is 165 Å². The van der Waals surface area contributed by atoms with Gasteiger partial charge in [-0.25, -0.2) is 8.42 Å². The third kappa shape index (κ3) is 5.20. The van der Waals surface area contributed by atoms with E-state index in [1.165, 1.54) is 21.3 Å². The number of carbonyl (C=O) groups excluding carboxylic acids is 1. The maximum atomic E-state index is 12.9. The highest BCUT2D eigenvalue weighted by Crippen LogP contribution is 2.32. The number of sulfonamides is 1. The second-order valence-corrected chi connectivity index (χ2v) is 9.14. The minimum Gasteiger partial charge on any atom is -0.360 e. The summed E-state index contributed by atoms with van der Waals surface area (Å²) in [5.74, 6) is 0.216. The van der Waals surface area contributed by atoms with Gasteiger partial charge < -0.3 is 10.2 Å². The molecule has 0 saturated carbocycles. The Hall–Kier alpha value is -2.20. The minimum atomic E-state index is -3.79. The lowest BCUT2D eigenvalue weighted by atomic mass is 10.0. The lowest BCUT2D eigenvalue weighted by Gasteiger charge is -2.29. The number of nitro groups is 1. The Morgan fingerprint density at radius 2 is 2.00 bits per heavy atom. The summed E-state index contributed by atoms with van der Waals surface area (Å²) in [7, 11) is -2.22. The van der Waals surface area contributed by atoms with Gasteiger partial charge in [0.2, 0.25) is 15.9 Å². The van der Waals surface area contributed by atoms with E-state index in [9.17, 15) is 23.3 Å². The van der Waals surface area contributed by atoms with Gasteiger partial charge in [-0.1, -0.05) is 13.8 Å². The molecule has 0 aromatic heterocycles. The van der Waals surface area contributed by atoms with E-state index in [1.807, 2.05) is 6.92 Å². The number of likely N-dealkylation sites (N-methyl/N-ethyl adjacent to an activating group) is 1. The zero-order valence-corrected chi connectivity index (χ0v) is 17.4. The van der Waals surface area contributed by atoms with E-state index < -0.39 is 14.9 Å². The van der Waals surface area contributed by atoms with E-state index >= 15 is 0 Å². The van der Waals surface area contributed by atoms with E-state index in [0.29, 0.717) is 25.6 Å². The molecule has 1 amide bonds. The van der Waals surface area contributed by atoms with E-state index in [-0.39, 0.29) is 28.7 Å². The number of carbonyl (C=O) groups is 1. The summed E-state index contributed by atoms with van der Waals surface area (Å²) in [6.07, 6.45) is 2.33. The highest BCUT2D eigenvalue weighted by Gasteiger charge is 2.30. The largest absolute Gasteiger partial charge is 0.360 e. The molecule has 0 spiro atoms. The van der Waals surface area contributed by atoms with Crippen LogP contribution in [0.25, 0.3) is 0 Å². The van der Waals surface area contributed by atoms with Gasteiger partial charge in [0.05, 0.1) is 16.4 Å². The number of amides is 1. The molecular weight excluding hydrogens is 384 g/mol. The fourth-order valence-corrected chi connectivity index (χ4v) is 4.62. The Bertz CT molecular complexity index is 819. The Kier molecular flexibility index (Phi) is 7.36. The van der Waals surface area contributed by atoms with Gasteiger partial charge in [-0.05, 0) is 37.3 Å². The maximum Gasteiger partial charge on any atom is 0.293 e. The first-order chi connectivity index (χ1) is 13.2. The van der Waals surface area contributed by atoms with Crippen LogP contribution in [0.15, 0.2) is 23.1 Å². The van der Waals surface area contributed by atoms with Crippen LogP contribution in [0.3, 0.4) is 0 Å². The predicted octanol–water partition coefficient (Wildman–Crippen LogP) is 1.98. The molecule has 0 unspecified atom stereocenters. The average Bonchev–Trinajstić information content (AvgIpc) is 2.66. The Morgan fingerprint density at radius 3 is 2.57 bits per heavy atom. The smallest absolute Gasteiger partial charge is 0.293 e. The number of hydrogen-bond donors (Lipinski definition) is 1. The molecule has 10 heteroatoms. The number of benzene rings is 1. The van der Waals surface area contributed by atoms with E-state index in [4.69, 9.17) is 0 Å². The molecule has 0 aliphatic carbocycles. The van der Waals surface area contributed by atoms with Crippen molar-refractivity contribution in [3.05, 3.63) is 28.3 Å². The first kappa shape index (κ1) is 22.1. The highest BCUT2D eigenvalue weighted by molar-refractivity contribution is 7.89. The molecule has 0 atom stereocenters. The van der Waals surface area contributed by atoms with Gasteiger partial charge in [0.1, 0.15) is 5.69 Å². The lowest BCUT2D eigenvalue weighted by molar-refractivity contribution is -0.384. The second-order valence-electron chi connectivity index (χ2n) is 7.20. The molecule has 2 rings (SSSR count). The van der Waals surface area contributed by atoms with Crippen LogP contribution in [0.5, 0.6) is 0 Å². The molecule has 1 aromatic carbocycles. The molecule has 0 bridgehead atoms. The molecule has 156 valence electrons. The first-order valence-corrected chi connectivity index (χ1v) is 10.9. The molecule has 1 fully saturated rings. The molecule has 28 heavy (non-hydrogen) atoms. The molecule has 0 radical (unpaired) electrons. The van der Waals surface area contributed by atoms with Gasteiger partial charge in [-0.2, -0.15) is 4.31 Å². The van der Waals surface area contributed by atoms with Crippen molar-refractivity contribution in [1.82, 2.24) is 9.62 Å². The van der Waals surface area contributed by atoms with Crippen LogP contribution >= 0.6 is 0 Å². The fourth-order valence-electron chi connectivity index (χ4n) is 3.13. The summed E-state index contributed by atoms with van der Waals surface area (Å²) < 4.78 is 27.1. The molecule has 1 saturated heterocycles. The van der Waals surface area contributed by atoms with Crippen molar-refractivity contribution in [3.63, 3.8) is 0 Å². The van der Waals surface area contributed by atoms with Gasteiger partial charge in [0.15, 0.2) is 0 Å². The van der Waals surface area contributed by atoms with Crippen molar-refractivity contribution in [2.75, 3.05) is 38.1 Å². The number of nitro benzene ring substituents is 1. The second kappa shape index (κ2) is 9.33. The zero-order valence-electron chi connectivity index (χ0n) is 16.6. The van der Waals surface area contributed by atoms with Crippen LogP contribution in [-0.4, -0.2) is 56.8 Å². The topological polar surface area (TPSA) is 113 Å². The standard InChI is InChI=1S/C18H28N4O5S/c1-4-9-19-18(23)13-20(3)16-6-5-15(12-17(16)22(24)25)28(26,27)21-10-7-14(2)8-11-21/h5-6,12,14H,4,7-11,13H2,1-3H3,(H,19,23). The number of hydrogen-bond acceptors (Lipinski definition) is 6. The number of piperidine rings is 1. The number of nitrogens with zero attached hydrogens (tertiary/aromatic N) is 3. The van der Waals surface area contributed by atoms with Crippen molar-refractivity contribution in [2.24, 2.45) is 5.92 Å². The van der Waals surface area contributed by atoms with Crippen LogP contribution in [0.4, 0.5) is 11.4 Å². The molecule has 9 nitrogen and oxygen atoms in total. The van der Waals surface area contributed by atoms with Crippen molar-refractivity contribution < 1.29 is 18.1 Å². The molecule has 1 aromatic rings. The van der Waals surface area contributed by atoms with Crippen LogP contribution in [0, 0.1) is 16.0 Å².